The van der Waals surface area contributed by atoms with Gasteiger partial charge in [0.1, 0.15) is 0 Å². The summed E-state index contributed by atoms with van der Waals surface area (Å²) in [6.45, 7) is 0. The summed E-state index contributed by atoms with van der Waals surface area (Å²) in [5, 5.41) is 13.3. The summed E-state index contributed by atoms with van der Waals surface area (Å²) >= 11 is 0. The number of rotatable bonds is 2. The van der Waals surface area contributed by atoms with Crippen LogP contribution in [-0.2, 0) is 4.79 Å². The zero-order chi connectivity index (χ0) is 16.7. The molecule has 118 valence electrons. The van der Waals surface area contributed by atoms with Gasteiger partial charge < -0.3 is 10.6 Å². The maximum atomic E-state index is 12.3. The minimum atomic E-state index is -0.186. The lowest BCUT2D eigenvalue weighted by molar-refractivity contribution is -0.110. The van der Waals surface area contributed by atoms with E-state index in [0.29, 0.717) is 16.8 Å². The molecule has 1 aromatic heterocycles. The molecule has 0 bridgehead atoms. The van der Waals surface area contributed by atoms with Crippen molar-refractivity contribution < 1.29 is 9.59 Å². The lowest BCUT2D eigenvalue weighted by Crippen LogP contribution is -2.17. The molecule has 1 aliphatic rings. The lowest BCUT2D eigenvalue weighted by atomic mass is 10.0. The molecule has 6 heteroatoms. The van der Waals surface area contributed by atoms with Gasteiger partial charge >= 0.3 is 0 Å². The summed E-state index contributed by atoms with van der Waals surface area (Å²) in [5.74, 6) is -0.363. The highest BCUT2D eigenvalue weighted by molar-refractivity contribution is 6.35. The van der Waals surface area contributed by atoms with Crippen molar-refractivity contribution >= 4 is 40.1 Å². The number of nitrogens with zero attached hydrogens (tertiary/aromatic N) is 1. The van der Waals surface area contributed by atoms with Crippen molar-refractivity contribution in [2.24, 2.45) is 0 Å². The molecule has 0 unspecified atom stereocenters. The molecule has 0 radical (unpaired) electrons. The van der Waals surface area contributed by atoms with E-state index < -0.39 is 0 Å². The largest absolute Gasteiger partial charge is 0.355 e. The standard InChI is InChI=1S/C18H14N4O2/c1-19-17(23)11-4-5-13-14(18(24)21-16(13)8-11)6-10-2-3-12-9-20-22-15(12)7-10/h2-9H,1H3,(H,19,23)(H,20,22)(H,21,24)/b14-6-. The van der Waals surface area contributed by atoms with Crippen LogP contribution in [-0.4, -0.2) is 29.1 Å². The van der Waals surface area contributed by atoms with Crippen molar-refractivity contribution in [1.29, 1.82) is 0 Å². The molecule has 0 fully saturated rings. The molecule has 2 amide bonds. The van der Waals surface area contributed by atoms with E-state index >= 15 is 0 Å². The highest BCUT2D eigenvalue weighted by atomic mass is 16.2. The van der Waals surface area contributed by atoms with E-state index in [1.165, 1.54) is 0 Å². The second-order valence-corrected chi connectivity index (χ2v) is 5.57. The van der Waals surface area contributed by atoms with Gasteiger partial charge in [-0.1, -0.05) is 18.2 Å². The molecular formula is C18H14N4O2. The Morgan fingerprint density at radius 2 is 2.08 bits per heavy atom. The number of aromatic amines is 1. The predicted molar refractivity (Wildman–Crippen MR) is 92.4 cm³/mol. The first-order chi connectivity index (χ1) is 11.7. The third-order valence-electron chi connectivity index (χ3n) is 4.07. The van der Waals surface area contributed by atoms with Crippen LogP contribution in [0.5, 0.6) is 0 Å². The zero-order valence-corrected chi connectivity index (χ0v) is 12.9. The van der Waals surface area contributed by atoms with Crippen LogP contribution in [0.2, 0.25) is 0 Å². The van der Waals surface area contributed by atoms with Crippen LogP contribution in [0, 0.1) is 0 Å². The van der Waals surface area contributed by atoms with Gasteiger partial charge in [0.25, 0.3) is 11.8 Å². The summed E-state index contributed by atoms with van der Waals surface area (Å²) in [7, 11) is 1.57. The van der Waals surface area contributed by atoms with E-state index in [-0.39, 0.29) is 11.8 Å². The number of amides is 2. The topological polar surface area (TPSA) is 86.9 Å². The third-order valence-corrected chi connectivity index (χ3v) is 4.07. The number of aromatic nitrogens is 2. The average molecular weight is 318 g/mol. The first-order valence-electron chi connectivity index (χ1n) is 7.48. The summed E-state index contributed by atoms with van der Waals surface area (Å²) in [6, 6.07) is 11.0. The first kappa shape index (κ1) is 14.2. The van der Waals surface area contributed by atoms with Crippen molar-refractivity contribution in [2.45, 2.75) is 0 Å². The van der Waals surface area contributed by atoms with Crippen LogP contribution in [0.25, 0.3) is 22.6 Å². The fourth-order valence-corrected chi connectivity index (χ4v) is 2.83. The molecule has 2 heterocycles. The van der Waals surface area contributed by atoms with E-state index in [1.54, 1.807) is 31.4 Å². The second-order valence-electron chi connectivity index (χ2n) is 5.57. The Morgan fingerprint density at radius 1 is 1.21 bits per heavy atom. The molecule has 3 N–H and O–H groups in total. The molecule has 0 aliphatic carbocycles. The van der Waals surface area contributed by atoms with Crippen molar-refractivity contribution in [3.63, 3.8) is 0 Å². The summed E-state index contributed by atoms with van der Waals surface area (Å²) in [5.41, 5.74) is 4.34. The van der Waals surface area contributed by atoms with Crippen LogP contribution in [0.3, 0.4) is 0 Å². The van der Waals surface area contributed by atoms with Crippen LogP contribution >= 0.6 is 0 Å². The van der Waals surface area contributed by atoms with Crippen LogP contribution in [0.1, 0.15) is 21.5 Å². The van der Waals surface area contributed by atoms with E-state index in [2.05, 4.69) is 20.8 Å². The Kier molecular flexibility index (Phi) is 3.16. The number of fused-ring (bicyclic) bond motifs is 2. The van der Waals surface area contributed by atoms with Crippen molar-refractivity contribution in [3.05, 3.63) is 59.3 Å². The quantitative estimate of drug-likeness (QED) is 0.634. The average Bonchev–Trinajstić information content (AvgIpc) is 3.18. The maximum Gasteiger partial charge on any atom is 0.256 e. The Bertz CT molecular complexity index is 1020. The Hall–Kier alpha value is -3.41. The number of benzene rings is 2. The van der Waals surface area contributed by atoms with Crippen LogP contribution in [0.4, 0.5) is 5.69 Å². The zero-order valence-electron chi connectivity index (χ0n) is 12.9. The van der Waals surface area contributed by atoms with Gasteiger partial charge in [-0.2, -0.15) is 5.10 Å². The van der Waals surface area contributed by atoms with E-state index in [0.717, 1.165) is 22.0 Å². The monoisotopic (exact) mass is 318 g/mol. The number of H-pyrrole nitrogens is 1. The van der Waals surface area contributed by atoms with Gasteiger partial charge in [0, 0.05) is 34.8 Å². The number of carbonyl (C=O) groups excluding carboxylic acids is 2. The van der Waals surface area contributed by atoms with Gasteiger partial charge in [-0.05, 0) is 29.8 Å². The van der Waals surface area contributed by atoms with Crippen molar-refractivity contribution in [2.75, 3.05) is 12.4 Å². The number of anilines is 1. The molecule has 6 nitrogen and oxygen atoms in total. The molecule has 4 rings (SSSR count). The highest BCUT2D eigenvalue weighted by Gasteiger charge is 2.25. The SMILES string of the molecule is CNC(=O)c1ccc2c(c1)NC(=O)/C2=C\c1ccc2cn[nH]c2c1. The Balaban J connectivity index is 1.77. The van der Waals surface area contributed by atoms with Gasteiger partial charge in [0.05, 0.1) is 11.7 Å². The molecular weight excluding hydrogens is 304 g/mol. The van der Waals surface area contributed by atoms with Crippen LogP contribution in [0.15, 0.2) is 42.6 Å². The summed E-state index contributed by atoms with van der Waals surface area (Å²) in [4.78, 5) is 24.0. The first-order valence-corrected chi connectivity index (χ1v) is 7.48. The maximum absolute atomic E-state index is 12.3. The fourth-order valence-electron chi connectivity index (χ4n) is 2.83. The summed E-state index contributed by atoms with van der Waals surface area (Å²) in [6.07, 6.45) is 3.59. The third kappa shape index (κ3) is 2.25. The van der Waals surface area contributed by atoms with Crippen molar-refractivity contribution in [3.8, 4) is 0 Å². The van der Waals surface area contributed by atoms with Gasteiger partial charge in [-0.15, -0.1) is 0 Å². The number of carbonyl (C=O) groups is 2. The van der Waals surface area contributed by atoms with Crippen molar-refractivity contribution in [1.82, 2.24) is 15.5 Å². The van der Waals surface area contributed by atoms with Crippen LogP contribution < -0.4 is 10.6 Å². The minimum Gasteiger partial charge on any atom is -0.355 e. The molecule has 1 aliphatic heterocycles. The molecule has 2 aromatic carbocycles. The normalized spacial score (nSPS) is 14.7. The van der Waals surface area contributed by atoms with E-state index in [4.69, 9.17) is 0 Å². The Morgan fingerprint density at radius 3 is 2.92 bits per heavy atom. The summed E-state index contributed by atoms with van der Waals surface area (Å²) < 4.78 is 0. The second kappa shape index (κ2) is 5.34. The molecule has 0 atom stereocenters. The van der Waals surface area contributed by atoms with Gasteiger partial charge in [-0.3, -0.25) is 14.7 Å². The number of hydrogen-bond acceptors (Lipinski definition) is 3. The molecule has 0 spiro atoms. The molecule has 0 saturated carbocycles. The molecule has 0 saturated heterocycles. The Labute approximate surface area is 137 Å². The van der Waals surface area contributed by atoms with E-state index in [9.17, 15) is 9.59 Å². The van der Waals surface area contributed by atoms with E-state index in [1.807, 2.05) is 24.3 Å². The predicted octanol–water partition coefficient (Wildman–Crippen LogP) is 2.42. The molecule has 3 aromatic rings. The fraction of sp³-hybridized carbons (Fsp3) is 0.0556. The van der Waals surface area contributed by atoms with Gasteiger partial charge in [0.2, 0.25) is 0 Å². The smallest absolute Gasteiger partial charge is 0.256 e. The van der Waals surface area contributed by atoms with Gasteiger partial charge in [0.15, 0.2) is 0 Å². The minimum absolute atomic E-state index is 0.177. The molecule has 24 heavy (non-hydrogen) atoms. The van der Waals surface area contributed by atoms with Gasteiger partial charge in [-0.25, -0.2) is 0 Å². The highest BCUT2D eigenvalue weighted by Crippen LogP contribution is 2.34. The lowest BCUT2D eigenvalue weighted by Gasteiger charge is -2.03. The number of nitrogens with one attached hydrogen (secondary N) is 3. The number of hydrogen-bond donors (Lipinski definition) is 3.